The summed E-state index contributed by atoms with van der Waals surface area (Å²) >= 11 is 0. The first-order chi connectivity index (χ1) is 10.2. The molecule has 2 rings (SSSR count). The van der Waals surface area contributed by atoms with Crippen LogP contribution in [0.3, 0.4) is 0 Å². The smallest absolute Gasteiger partial charge is 0.251 e. The number of hydrogen-bond acceptors (Lipinski definition) is 4. The van der Waals surface area contributed by atoms with Crippen molar-refractivity contribution in [2.75, 3.05) is 20.6 Å². The van der Waals surface area contributed by atoms with Gasteiger partial charge in [0.1, 0.15) is 0 Å². The van der Waals surface area contributed by atoms with Crippen molar-refractivity contribution in [3.63, 3.8) is 0 Å². The molecule has 0 atom stereocenters. The van der Waals surface area contributed by atoms with Crippen molar-refractivity contribution >= 4 is 15.9 Å². The highest BCUT2D eigenvalue weighted by molar-refractivity contribution is 7.89. The Balaban J connectivity index is 2.02. The van der Waals surface area contributed by atoms with Crippen LogP contribution in [-0.4, -0.2) is 50.0 Å². The summed E-state index contributed by atoms with van der Waals surface area (Å²) in [5, 5.41) is 12.9. The molecule has 0 saturated heterocycles. The van der Waals surface area contributed by atoms with Crippen molar-refractivity contribution in [3.8, 4) is 0 Å². The van der Waals surface area contributed by atoms with E-state index in [1.165, 1.54) is 38.4 Å². The SMILES string of the molecule is CN(C)S(=O)(=O)c1ccc(C(=O)NCC2(O)CCCC2)cc1. The average Bonchev–Trinajstić information content (AvgIpc) is 2.92. The quantitative estimate of drug-likeness (QED) is 0.844. The highest BCUT2D eigenvalue weighted by Crippen LogP contribution is 2.28. The predicted octanol–water partition coefficient (Wildman–Crippen LogP) is 0.972. The zero-order chi connectivity index (χ0) is 16.4. The van der Waals surface area contributed by atoms with Crippen LogP contribution in [0.25, 0.3) is 0 Å². The lowest BCUT2D eigenvalue weighted by atomic mass is 10.0. The molecule has 1 amide bonds. The molecule has 0 spiro atoms. The van der Waals surface area contributed by atoms with Crippen LogP contribution in [0.4, 0.5) is 0 Å². The molecule has 0 radical (unpaired) electrons. The number of carbonyl (C=O) groups excluding carboxylic acids is 1. The Kier molecular flexibility index (Phi) is 4.89. The molecule has 0 unspecified atom stereocenters. The fourth-order valence-electron chi connectivity index (χ4n) is 2.55. The molecule has 7 heteroatoms. The highest BCUT2D eigenvalue weighted by atomic mass is 32.2. The van der Waals surface area contributed by atoms with Crippen molar-refractivity contribution in [3.05, 3.63) is 29.8 Å². The van der Waals surface area contributed by atoms with Crippen LogP contribution in [-0.2, 0) is 10.0 Å². The maximum absolute atomic E-state index is 12.1. The van der Waals surface area contributed by atoms with Gasteiger partial charge in [0.15, 0.2) is 0 Å². The molecule has 1 aliphatic rings. The Morgan fingerprint density at radius 1 is 1.23 bits per heavy atom. The lowest BCUT2D eigenvalue weighted by molar-refractivity contribution is 0.0449. The minimum atomic E-state index is -3.49. The third kappa shape index (κ3) is 3.66. The van der Waals surface area contributed by atoms with Crippen LogP contribution in [0.15, 0.2) is 29.2 Å². The number of hydrogen-bond donors (Lipinski definition) is 2. The molecule has 1 fully saturated rings. The van der Waals surface area contributed by atoms with Crippen molar-refractivity contribution in [2.45, 2.75) is 36.2 Å². The Labute approximate surface area is 131 Å². The van der Waals surface area contributed by atoms with Gasteiger partial charge < -0.3 is 10.4 Å². The van der Waals surface area contributed by atoms with Gasteiger partial charge in [0.05, 0.1) is 10.5 Å². The first-order valence-electron chi connectivity index (χ1n) is 7.28. The minimum Gasteiger partial charge on any atom is -0.388 e. The van der Waals surface area contributed by atoms with Crippen molar-refractivity contribution in [1.82, 2.24) is 9.62 Å². The molecule has 0 aromatic heterocycles. The molecule has 122 valence electrons. The van der Waals surface area contributed by atoms with Gasteiger partial charge in [-0.3, -0.25) is 4.79 Å². The third-order valence-corrected chi connectivity index (χ3v) is 5.84. The van der Waals surface area contributed by atoms with Gasteiger partial charge in [-0.25, -0.2) is 12.7 Å². The van der Waals surface area contributed by atoms with E-state index in [9.17, 15) is 18.3 Å². The summed E-state index contributed by atoms with van der Waals surface area (Å²) < 4.78 is 25.0. The van der Waals surface area contributed by atoms with Gasteiger partial charge in [-0.2, -0.15) is 0 Å². The first kappa shape index (κ1) is 16.9. The lowest BCUT2D eigenvalue weighted by Gasteiger charge is -2.22. The molecule has 1 aromatic carbocycles. The fraction of sp³-hybridized carbons (Fsp3) is 0.533. The molecule has 1 saturated carbocycles. The summed E-state index contributed by atoms with van der Waals surface area (Å²) in [6, 6.07) is 5.78. The van der Waals surface area contributed by atoms with E-state index in [0.29, 0.717) is 18.4 Å². The zero-order valence-electron chi connectivity index (χ0n) is 12.9. The zero-order valence-corrected chi connectivity index (χ0v) is 13.7. The minimum absolute atomic E-state index is 0.142. The Morgan fingerprint density at radius 3 is 2.27 bits per heavy atom. The van der Waals surface area contributed by atoms with Crippen molar-refractivity contribution < 1.29 is 18.3 Å². The van der Waals surface area contributed by atoms with Crippen LogP contribution < -0.4 is 5.32 Å². The van der Waals surface area contributed by atoms with E-state index in [0.717, 1.165) is 17.1 Å². The second-order valence-electron chi connectivity index (χ2n) is 5.93. The van der Waals surface area contributed by atoms with Crippen LogP contribution in [0.1, 0.15) is 36.0 Å². The van der Waals surface area contributed by atoms with Gasteiger partial charge >= 0.3 is 0 Å². The summed E-state index contributed by atoms with van der Waals surface area (Å²) in [6.45, 7) is 0.226. The van der Waals surface area contributed by atoms with Crippen LogP contribution in [0.2, 0.25) is 0 Å². The second-order valence-corrected chi connectivity index (χ2v) is 8.08. The lowest BCUT2D eigenvalue weighted by Crippen LogP contribution is -2.40. The predicted molar refractivity (Wildman–Crippen MR) is 83.1 cm³/mol. The van der Waals surface area contributed by atoms with Crippen molar-refractivity contribution in [2.24, 2.45) is 0 Å². The standard InChI is InChI=1S/C15H22N2O4S/c1-17(2)22(20,21)13-7-5-12(6-8-13)14(18)16-11-15(19)9-3-4-10-15/h5-8,19H,3-4,9-11H2,1-2H3,(H,16,18). The van der Waals surface area contributed by atoms with Gasteiger partial charge in [0, 0.05) is 26.2 Å². The van der Waals surface area contributed by atoms with Crippen molar-refractivity contribution in [1.29, 1.82) is 0 Å². The van der Waals surface area contributed by atoms with Gasteiger partial charge in [-0.15, -0.1) is 0 Å². The molecule has 0 aliphatic heterocycles. The number of nitrogens with one attached hydrogen (secondary N) is 1. The number of sulfonamides is 1. The monoisotopic (exact) mass is 326 g/mol. The Hall–Kier alpha value is -1.44. The van der Waals surface area contributed by atoms with Crippen LogP contribution >= 0.6 is 0 Å². The normalized spacial score (nSPS) is 17.6. The number of carbonyl (C=O) groups is 1. The van der Waals surface area contributed by atoms with Crippen LogP contribution in [0, 0.1) is 0 Å². The number of benzene rings is 1. The van der Waals surface area contributed by atoms with E-state index in [1.807, 2.05) is 0 Å². The summed E-state index contributed by atoms with van der Waals surface area (Å²) in [5.41, 5.74) is -0.427. The van der Waals surface area contributed by atoms with E-state index in [4.69, 9.17) is 0 Å². The maximum atomic E-state index is 12.1. The highest BCUT2D eigenvalue weighted by Gasteiger charge is 2.31. The van der Waals surface area contributed by atoms with Crippen LogP contribution in [0.5, 0.6) is 0 Å². The van der Waals surface area contributed by atoms with Gasteiger partial charge in [-0.1, -0.05) is 12.8 Å². The number of nitrogens with zero attached hydrogens (tertiary/aromatic N) is 1. The molecular formula is C15H22N2O4S. The largest absolute Gasteiger partial charge is 0.388 e. The molecular weight excluding hydrogens is 304 g/mol. The molecule has 1 aliphatic carbocycles. The average molecular weight is 326 g/mol. The molecule has 0 heterocycles. The van der Waals surface area contributed by atoms with E-state index >= 15 is 0 Å². The fourth-order valence-corrected chi connectivity index (χ4v) is 3.45. The summed E-state index contributed by atoms with van der Waals surface area (Å²) in [4.78, 5) is 12.2. The molecule has 2 N–H and O–H groups in total. The number of rotatable bonds is 5. The topological polar surface area (TPSA) is 86.7 Å². The van der Waals surface area contributed by atoms with Gasteiger partial charge in [0.2, 0.25) is 10.0 Å². The van der Waals surface area contributed by atoms with E-state index in [1.54, 1.807) is 0 Å². The van der Waals surface area contributed by atoms with E-state index < -0.39 is 15.6 Å². The summed E-state index contributed by atoms with van der Waals surface area (Å²) in [5.74, 6) is -0.311. The van der Waals surface area contributed by atoms with Gasteiger partial charge in [-0.05, 0) is 37.1 Å². The second kappa shape index (κ2) is 6.36. The Bertz CT molecular complexity index is 632. The van der Waals surface area contributed by atoms with E-state index in [-0.39, 0.29) is 17.3 Å². The molecule has 22 heavy (non-hydrogen) atoms. The molecule has 6 nitrogen and oxygen atoms in total. The third-order valence-electron chi connectivity index (χ3n) is 4.01. The summed E-state index contributed by atoms with van der Waals surface area (Å²) in [7, 11) is -0.580. The summed E-state index contributed by atoms with van der Waals surface area (Å²) in [6.07, 6.45) is 3.35. The van der Waals surface area contributed by atoms with E-state index in [2.05, 4.69) is 5.32 Å². The Morgan fingerprint density at radius 2 is 1.77 bits per heavy atom. The number of amides is 1. The molecule has 0 bridgehead atoms. The number of aliphatic hydroxyl groups is 1. The first-order valence-corrected chi connectivity index (χ1v) is 8.72. The molecule has 1 aromatic rings. The maximum Gasteiger partial charge on any atom is 0.251 e. The van der Waals surface area contributed by atoms with Gasteiger partial charge in [0.25, 0.3) is 5.91 Å².